The maximum absolute atomic E-state index is 12.6. The van der Waals surface area contributed by atoms with E-state index in [0.29, 0.717) is 19.8 Å². The van der Waals surface area contributed by atoms with Crippen molar-refractivity contribution in [3.05, 3.63) is 53.9 Å². The van der Waals surface area contributed by atoms with Gasteiger partial charge in [0.1, 0.15) is 10.6 Å². The molecule has 0 atom stereocenters. The summed E-state index contributed by atoms with van der Waals surface area (Å²) in [6.07, 6.45) is 2.85. The van der Waals surface area contributed by atoms with Crippen molar-refractivity contribution in [3.63, 3.8) is 0 Å². The van der Waals surface area contributed by atoms with Gasteiger partial charge in [-0.3, -0.25) is 4.79 Å². The van der Waals surface area contributed by atoms with Gasteiger partial charge in [-0.05, 0) is 24.5 Å². The fourth-order valence-corrected chi connectivity index (χ4v) is 4.40. The molecular weight excluding hydrogens is 410 g/mol. The first kappa shape index (κ1) is 22.0. The predicted octanol–water partition coefficient (Wildman–Crippen LogP) is 0.941. The van der Waals surface area contributed by atoms with Crippen LogP contribution in [0.4, 0.5) is 0 Å². The highest BCUT2D eigenvalue weighted by atomic mass is 32.2. The molecule has 2 aromatic rings. The number of morpholine rings is 1. The number of amides is 1. The van der Waals surface area contributed by atoms with Crippen LogP contribution in [0.3, 0.4) is 0 Å². The molecule has 1 fully saturated rings. The number of esters is 1. The molecule has 0 radical (unpaired) electrons. The number of rotatable bonds is 9. The molecule has 0 unspecified atom stereocenters. The van der Waals surface area contributed by atoms with Crippen LogP contribution in [-0.4, -0.2) is 69.0 Å². The zero-order valence-electron chi connectivity index (χ0n) is 16.5. The van der Waals surface area contributed by atoms with Crippen LogP contribution in [0.5, 0.6) is 0 Å². The Morgan fingerprint density at radius 2 is 1.90 bits per heavy atom. The van der Waals surface area contributed by atoms with Gasteiger partial charge < -0.3 is 19.8 Å². The van der Waals surface area contributed by atoms with Crippen LogP contribution in [0, 0.1) is 0 Å². The molecule has 9 nitrogen and oxygen atoms in total. The Labute approximate surface area is 175 Å². The third kappa shape index (κ3) is 5.91. The summed E-state index contributed by atoms with van der Waals surface area (Å²) in [6, 6.07) is 11.1. The molecule has 0 saturated carbocycles. The molecular formula is C20H25N3O6S. The molecule has 1 amide bonds. The number of hydrogen-bond donors (Lipinski definition) is 2. The van der Waals surface area contributed by atoms with Crippen molar-refractivity contribution in [2.75, 3.05) is 39.5 Å². The van der Waals surface area contributed by atoms with Gasteiger partial charge >= 0.3 is 5.97 Å². The normalized spacial score (nSPS) is 14.9. The van der Waals surface area contributed by atoms with Crippen LogP contribution < -0.4 is 5.32 Å². The van der Waals surface area contributed by atoms with Crippen LogP contribution in [0.1, 0.15) is 22.5 Å². The lowest BCUT2D eigenvalue weighted by Crippen LogP contribution is -2.40. The van der Waals surface area contributed by atoms with E-state index in [1.165, 1.54) is 22.1 Å². The molecule has 10 heteroatoms. The number of H-pyrrole nitrogens is 1. The molecule has 0 aliphatic carbocycles. The fourth-order valence-electron chi connectivity index (χ4n) is 3.00. The summed E-state index contributed by atoms with van der Waals surface area (Å²) in [6.45, 7) is 1.22. The number of aromatic amines is 1. The van der Waals surface area contributed by atoms with Gasteiger partial charge in [-0.1, -0.05) is 30.3 Å². The minimum Gasteiger partial charge on any atom is -0.451 e. The largest absolute Gasteiger partial charge is 0.451 e. The number of nitrogens with one attached hydrogen (secondary N) is 2. The summed E-state index contributed by atoms with van der Waals surface area (Å²) in [5.74, 6) is -1.21. The highest BCUT2D eigenvalue weighted by molar-refractivity contribution is 7.89. The van der Waals surface area contributed by atoms with Crippen LogP contribution in [0.15, 0.2) is 47.5 Å². The number of ether oxygens (including phenoxy) is 2. The lowest BCUT2D eigenvalue weighted by Gasteiger charge is -2.25. The Morgan fingerprint density at radius 1 is 1.17 bits per heavy atom. The molecule has 1 aliphatic rings. The first-order valence-electron chi connectivity index (χ1n) is 9.71. The second-order valence-electron chi connectivity index (χ2n) is 6.78. The molecule has 3 rings (SSSR count). The minimum atomic E-state index is -3.71. The van der Waals surface area contributed by atoms with Crippen LogP contribution in [0.25, 0.3) is 0 Å². The molecule has 1 aliphatic heterocycles. The minimum absolute atomic E-state index is 0.0262. The zero-order valence-corrected chi connectivity index (χ0v) is 17.3. The third-order valence-electron chi connectivity index (χ3n) is 4.63. The smallest absolute Gasteiger partial charge is 0.355 e. The van der Waals surface area contributed by atoms with E-state index in [1.54, 1.807) is 0 Å². The van der Waals surface area contributed by atoms with Gasteiger partial charge in [0.15, 0.2) is 6.61 Å². The van der Waals surface area contributed by atoms with Crippen LogP contribution in [-0.2, 0) is 30.7 Å². The number of aryl methyl sites for hydroxylation is 1. The predicted molar refractivity (Wildman–Crippen MR) is 108 cm³/mol. The number of carbonyl (C=O) groups is 2. The monoisotopic (exact) mass is 435 g/mol. The van der Waals surface area contributed by atoms with Gasteiger partial charge in [0.2, 0.25) is 10.0 Å². The van der Waals surface area contributed by atoms with Gasteiger partial charge in [0.05, 0.1) is 13.2 Å². The van der Waals surface area contributed by atoms with Crippen molar-refractivity contribution in [2.24, 2.45) is 0 Å². The molecule has 162 valence electrons. The standard InChI is InChI=1S/C20H25N3O6S/c24-19(21-8-4-7-16-5-2-1-3-6-16)15-29-20(25)18-13-17(14-22-18)30(26,27)23-9-11-28-12-10-23/h1-3,5-6,13-14,22H,4,7-12,15H2,(H,21,24). The highest BCUT2D eigenvalue weighted by Crippen LogP contribution is 2.18. The topological polar surface area (TPSA) is 118 Å². The summed E-state index contributed by atoms with van der Waals surface area (Å²) >= 11 is 0. The quantitative estimate of drug-likeness (QED) is 0.447. The Balaban J connectivity index is 1.42. The van der Waals surface area contributed by atoms with E-state index in [-0.39, 0.29) is 23.7 Å². The first-order valence-corrected chi connectivity index (χ1v) is 11.1. The summed E-state index contributed by atoms with van der Waals surface area (Å²) < 4.78 is 36.6. The van der Waals surface area contributed by atoms with Crippen molar-refractivity contribution in [3.8, 4) is 0 Å². The summed E-state index contributed by atoms with van der Waals surface area (Å²) in [4.78, 5) is 26.5. The number of carbonyl (C=O) groups excluding carboxylic acids is 2. The van der Waals surface area contributed by atoms with Crippen molar-refractivity contribution >= 4 is 21.9 Å². The average Bonchev–Trinajstić information content (AvgIpc) is 3.28. The van der Waals surface area contributed by atoms with E-state index in [2.05, 4.69) is 10.3 Å². The first-order chi connectivity index (χ1) is 14.5. The molecule has 1 aromatic heterocycles. The molecule has 0 bridgehead atoms. The van der Waals surface area contributed by atoms with Gasteiger partial charge in [-0.15, -0.1) is 0 Å². The summed E-state index contributed by atoms with van der Waals surface area (Å²) in [5, 5.41) is 2.69. The number of sulfonamides is 1. The Kier molecular flexibility index (Phi) is 7.61. The van der Waals surface area contributed by atoms with Gasteiger partial charge in [-0.25, -0.2) is 13.2 Å². The highest BCUT2D eigenvalue weighted by Gasteiger charge is 2.28. The van der Waals surface area contributed by atoms with E-state index in [1.807, 2.05) is 30.3 Å². The van der Waals surface area contributed by atoms with Crippen LogP contribution in [0.2, 0.25) is 0 Å². The summed E-state index contributed by atoms with van der Waals surface area (Å²) in [5.41, 5.74) is 1.16. The van der Waals surface area contributed by atoms with E-state index in [9.17, 15) is 18.0 Å². The van der Waals surface area contributed by atoms with E-state index in [0.717, 1.165) is 12.8 Å². The molecule has 2 N–H and O–H groups in total. The Hall–Kier alpha value is -2.69. The number of nitrogens with zero attached hydrogens (tertiary/aromatic N) is 1. The zero-order chi connectivity index (χ0) is 21.4. The van der Waals surface area contributed by atoms with E-state index >= 15 is 0 Å². The lowest BCUT2D eigenvalue weighted by molar-refractivity contribution is -0.124. The molecule has 1 saturated heterocycles. The summed E-state index contributed by atoms with van der Waals surface area (Å²) in [7, 11) is -3.71. The Morgan fingerprint density at radius 3 is 2.63 bits per heavy atom. The number of hydrogen-bond acceptors (Lipinski definition) is 6. The second-order valence-corrected chi connectivity index (χ2v) is 8.72. The van der Waals surface area contributed by atoms with Gasteiger partial charge in [0.25, 0.3) is 5.91 Å². The van der Waals surface area contributed by atoms with Crippen molar-refractivity contribution in [2.45, 2.75) is 17.7 Å². The molecule has 2 heterocycles. The second kappa shape index (κ2) is 10.4. The number of aromatic nitrogens is 1. The Bertz CT molecular complexity index is 952. The third-order valence-corrected chi connectivity index (χ3v) is 6.50. The molecule has 30 heavy (non-hydrogen) atoms. The number of benzene rings is 1. The average molecular weight is 436 g/mol. The van der Waals surface area contributed by atoms with E-state index in [4.69, 9.17) is 9.47 Å². The maximum Gasteiger partial charge on any atom is 0.355 e. The SMILES string of the molecule is O=C(COC(=O)c1cc(S(=O)(=O)N2CCOCC2)c[nH]1)NCCCc1ccccc1. The van der Waals surface area contributed by atoms with Crippen molar-refractivity contribution < 1.29 is 27.5 Å². The maximum atomic E-state index is 12.6. The van der Waals surface area contributed by atoms with Gasteiger partial charge in [-0.2, -0.15) is 4.31 Å². The lowest BCUT2D eigenvalue weighted by atomic mass is 10.1. The van der Waals surface area contributed by atoms with Gasteiger partial charge in [0, 0.05) is 25.8 Å². The molecule has 0 spiro atoms. The van der Waals surface area contributed by atoms with E-state index < -0.39 is 28.5 Å². The van der Waals surface area contributed by atoms with Crippen molar-refractivity contribution in [1.82, 2.24) is 14.6 Å². The van der Waals surface area contributed by atoms with Crippen LogP contribution >= 0.6 is 0 Å². The molecule has 1 aromatic carbocycles. The van der Waals surface area contributed by atoms with Crippen molar-refractivity contribution in [1.29, 1.82) is 0 Å². The fraction of sp³-hybridized carbons (Fsp3) is 0.400.